The van der Waals surface area contributed by atoms with E-state index in [0.29, 0.717) is 31.7 Å². The molecule has 0 bridgehead atoms. The SMILES string of the molecule is O=C(NCCC(=O)N1CCN(C(=O)Cc2ccc(F)cc2)CC1)c1ccc2ccccc2c1. The molecule has 0 radical (unpaired) electrons. The normalized spacial score (nSPS) is 13.7. The van der Waals surface area contributed by atoms with Crippen molar-refractivity contribution in [2.45, 2.75) is 12.8 Å². The van der Waals surface area contributed by atoms with Gasteiger partial charge in [-0.25, -0.2) is 4.39 Å². The van der Waals surface area contributed by atoms with Crippen molar-refractivity contribution in [2.75, 3.05) is 32.7 Å². The van der Waals surface area contributed by atoms with E-state index in [1.807, 2.05) is 36.4 Å². The van der Waals surface area contributed by atoms with E-state index in [9.17, 15) is 18.8 Å². The summed E-state index contributed by atoms with van der Waals surface area (Å²) in [5.41, 5.74) is 1.33. The lowest BCUT2D eigenvalue weighted by molar-refractivity contribution is -0.139. The van der Waals surface area contributed by atoms with Gasteiger partial charge in [-0.3, -0.25) is 14.4 Å². The van der Waals surface area contributed by atoms with Gasteiger partial charge in [0, 0.05) is 44.7 Å². The number of piperazine rings is 1. The number of carbonyl (C=O) groups excluding carboxylic acids is 3. The summed E-state index contributed by atoms with van der Waals surface area (Å²) in [6.07, 6.45) is 0.428. The molecule has 7 heteroatoms. The van der Waals surface area contributed by atoms with Crippen LogP contribution in [0.25, 0.3) is 10.8 Å². The van der Waals surface area contributed by atoms with Gasteiger partial charge in [0.15, 0.2) is 0 Å². The van der Waals surface area contributed by atoms with E-state index in [-0.39, 0.29) is 42.9 Å². The van der Waals surface area contributed by atoms with Gasteiger partial charge in [-0.1, -0.05) is 42.5 Å². The molecule has 170 valence electrons. The molecular weight excluding hydrogens is 421 g/mol. The van der Waals surface area contributed by atoms with Gasteiger partial charge in [-0.05, 0) is 40.6 Å². The van der Waals surface area contributed by atoms with Crippen molar-refractivity contribution in [1.29, 1.82) is 0 Å². The number of rotatable bonds is 6. The molecule has 0 aromatic heterocycles. The molecule has 1 aliphatic rings. The highest BCUT2D eigenvalue weighted by Crippen LogP contribution is 2.15. The minimum atomic E-state index is -0.327. The number of hydrogen-bond donors (Lipinski definition) is 1. The molecule has 3 amide bonds. The number of fused-ring (bicyclic) bond motifs is 1. The quantitative estimate of drug-likeness (QED) is 0.632. The second kappa shape index (κ2) is 10.3. The van der Waals surface area contributed by atoms with E-state index in [1.54, 1.807) is 28.0 Å². The molecular formula is C26H26FN3O3. The molecule has 1 heterocycles. The lowest BCUT2D eigenvalue weighted by atomic mass is 10.1. The first-order valence-electron chi connectivity index (χ1n) is 11.1. The number of halogens is 1. The van der Waals surface area contributed by atoms with E-state index in [2.05, 4.69) is 5.32 Å². The van der Waals surface area contributed by atoms with Gasteiger partial charge in [0.2, 0.25) is 11.8 Å². The van der Waals surface area contributed by atoms with E-state index in [0.717, 1.165) is 16.3 Å². The molecule has 1 fully saturated rings. The van der Waals surface area contributed by atoms with E-state index < -0.39 is 0 Å². The fourth-order valence-electron chi connectivity index (χ4n) is 3.97. The standard InChI is InChI=1S/C26H26FN3O3/c27-23-9-5-19(6-10-23)17-25(32)30-15-13-29(14-16-30)24(31)11-12-28-26(33)22-8-7-20-3-1-2-4-21(20)18-22/h1-10,18H,11-17H2,(H,28,33). The zero-order valence-corrected chi connectivity index (χ0v) is 18.3. The Labute approximate surface area is 192 Å². The summed E-state index contributed by atoms with van der Waals surface area (Å²) in [6.45, 7) is 2.12. The van der Waals surface area contributed by atoms with Crippen LogP contribution in [0.2, 0.25) is 0 Å². The zero-order valence-electron chi connectivity index (χ0n) is 18.3. The number of benzene rings is 3. The van der Waals surface area contributed by atoms with E-state index in [4.69, 9.17) is 0 Å². The van der Waals surface area contributed by atoms with Gasteiger partial charge in [-0.15, -0.1) is 0 Å². The average Bonchev–Trinajstić information content (AvgIpc) is 2.85. The molecule has 3 aromatic carbocycles. The minimum Gasteiger partial charge on any atom is -0.352 e. The van der Waals surface area contributed by atoms with Crippen molar-refractivity contribution in [3.05, 3.63) is 83.7 Å². The molecule has 1 saturated heterocycles. The third kappa shape index (κ3) is 5.74. The van der Waals surface area contributed by atoms with E-state index >= 15 is 0 Å². The second-order valence-electron chi connectivity index (χ2n) is 8.13. The van der Waals surface area contributed by atoms with Crippen molar-refractivity contribution >= 4 is 28.5 Å². The summed E-state index contributed by atoms with van der Waals surface area (Å²) in [4.78, 5) is 40.9. The molecule has 6 nitrogen and oxygen atoms in total. The Hall–Kier alpha value is -3.74. The highest BCUT2D eigenvalue weighted by Gasteiger charge is 2.24. The third-order valence-corrected chi connectivity index (χ3v) is 5.89. The molecule has 33 heavy (non-hydrogen) atoms. The number of amides is 3. The summed E-state index contributed by atoms with van der Waals surface area (Å²) in [5, 5.41) is 4.88. The molecule has 0 saturated carbocycles. The summed E-state index contributed by atoms with van der Waals surface area (Å²) in [5.74, 6) is -0.604. The summed E-state index contributed by atoms with van der Waals surface area (Å²) in [7, 11) is 0. The molecule has 0 atom stereocenters. The average molecular weight is 448 g/mol. The second-order valence-corrected chi connectivity index (χ2v) is 8.13. The van der Waals surface area contributed by atoms with Crippen LogP contribution in [-0.2, 0) is 16.0 Å². The fourth-order valence-corrected chi connectivity index (χ4v) is 3.97. The Balaban J connectivity index is 1.20. The Morgan fingerprint density at radius 2 is 1.42 bits per heavy atom. The first-order chi connectivity index (χ1) is 16.0. The Morgan fingerprint density at radius 1 is 0.788 bits per heavy atom. The van der Waals surface area contributed by atoms with Crippen LogP contribution in [-0.4, -0.2) is 60.2 Å². The molecule has 0 spiro atoms. The van der Waals surface area contributed by atoms with Crippen molar-refractivity contribution in [3.63, 3.8) is 0 Å². The predicted molar refractivity (Wildman–Crippen MR) is 124 cm³/mol. The zero-order chi connectivity index (χ0) is 23.2. The smallest absolute Gasteiger partial charge is 0.251 e. The minimum absolute atomic E-state index is 0.0312. The number of carbonyl (C=O) groups is 3. The molecule has 0 aliphatic carbocycles. The lowest BCUT2D eigenvalue weighted by Crippen LogP contribution is -2.51. The van der Waals surface area contributed by atoms with Crippen LogP contribution in [0.3, 0.4) is 0 Å². The highest BCUT2D eigenvalue weighted by molar-refractivity contribution is 5.98. The number of hydrogen-bond acceptors (Lipinski definition) is 3. The van der Waals surface area contributed by atoms with Gasteiger partial charge >= 0.3 is 0 Å². The maximum Gasteiger partial charge on any atom is 0.251 e. The van der Waals surface area contributed by atoms with Gasteiger partial charge in [0.25, 0.3) is 5.91 Å². The highest BCUT2D eigenvalue weighted by atomic mass is 19.1. The number of nitrogens with zero attached hydrogens (tertiary/aromatic N) is 2. The lowest BCUT2D eigenvalue weighted by Gasteiger charge is -2.35. The first-order valence-corrected chi connectivity index (χ1v) is 11.1. The Morgan fingerprint density at radius 3 is 2.12 bits per heavy atom. The fraction of sp³-hybridized carbons (Fsp3) is 0.269. The van der Waals surface area contributed by atoms with Crippen LogP contribution in [0.15, 0.2) is 66.7 Å². The van der Waals surface area contributed by atoms with Gasteiger partial charge in [0.05, 0.1) is 6.42 Å². The Bertz CT molecular complexity index is 1150. The monoisotopic (exact) mass is 447 g/mol. The van der Waals surface area contributed by atoms with Crippen molar-refractivity contribution in [2.24, 2.45) is 0 Å². The van der Waals surface area contributed by atoms with Gasteiger partial charge in [0.1, 0.15) is 5.82 Å². The predicted octanol–water partition coefficient (Wildman–Crippen LogP) is 3.01. The first kappa shape index (κ1) is 22.5. The van der Waals surface area contributed by atoms with Gasteiger partial charge < -0.3 is 15.1 Å². The van der Waals surface area contributed by atoms with Crippen molar-refractivity contribution in [3.8, 4) is 0 Å². The molecule has 3 aromatic rings. The molecule has 1 N–H and O–H groups in total. The topological polar surface area (TPSA) is 69.7 Å². The van der Waals surface area contributed by atoms with Crippen LogP contribution < -0.4 is 5.32 Å². The van der Waals surface area contributed by atoms with Crippen LogP contribution in [0.5, 0.6) is 0 Å². The Kier molecular flexibility index (Phi) is 6.98. The van der Waals surface area contributed by atoms with Crippen molar-refractivity contribution in [1.82, 2.24) is 15.1 Å². The van der Waals surface area contributed by atoms with Crippen LogP contribution in [0.4, 0.5) is 4.39 Å². The largest absolute Gasteiger partial charge is 0.352 e. The van der Waals surface area contributed by atoms with Crippen LogP contribution in [0.1, 0.15) is 22.3 Å². The summed E-state index contributed by atoms with van der Waals surface area (Å²) >= 11 is 0. The summed E-state index contributed by atoms with van der Waals surface area (Å²) in [6, 6.07) is 19.3. The molecule has 0 unspecified atom stereocenters. The molecule has 4 rings (SSSR count). The molecule has 1 aliphatic heterocycles. The maximum absolute atomic E-state index is 13.0. The van der Waals surface area contributed by atoms with E-state index in [1.165, 1.54) is 12.1 Å². The van der Waals surface area contributed by atoms with Crippen molar-refractivity contribution < 1.29 is 18.8 Å². The number of nitrogens with one attached hydrogen (secondary N) is 1. The van der Waals surface area contributed by atoms with Crippen LogP contribution in [0, 0.1) is 5.82 Å². The maximum atomic E-state index is 13.0. The third-order valence-electron chi connectivity index (χ3n) is 5.89. The van der Waals surface area contributed by atoms with Gasteiger partial charge in [-0.2, -0.15) is 0 Å². The van der Waals surface area contributed by atoms with Crippen LogP contribution >= 0.6 is 0 Å². The summed E-state index contributed by atoms with van der Waals surface area (Å²) < 4.78 is 13.0.